The summed E-state index contributed by atoms with van der Waals surface area (Å²) in [6, 6.07) is 11.3. The normalized spacial score (nSPS) is 19.2. The van der Waals surface area contributed by atoms with Crippen molar-refractivity contribution in [2.24, 2.45) is 11.1 Å². The van der Waals surface area contributed by atoms with Gasteiger partial charge < -0.3 is 36.5 Å². The molecule has 2 amide bonds. The lowest BCUT2D eigenvalue weighted by atomic mass is 9.70. The highest BCUT2D eigenvalue weighted by Gasteiger charge is 2.42. The summed E-state index contributed by atoms with van der Waals surface area (Å²) in [5.74, 6) is 0.455. The number of nitrogens with zero attached hydrogens (tertiary/aromatic N) is 6. The van der Waals surface area contributed by atoms with E-state index in [2.05, 4.69) is 82.9 Å². The maximum atomic E-state index is 14.1. The minimum absolute atomic E-state index is 0.0158. The van der Waals surface area contributed by atoms with Crippen LogP contribution in [-0.4, -0.2) is 100 Å². The lowest BCUT2D eigenvalue weighted by Crippen LogP contribution is -2.50. The number of hydrogen-bond acceptors (Lipinski definition) is 10. The molecule has 2 aromatic heterocycles. The highest BCUT2D eigenvalue weighted by Crippen LogP contribution is 2.46. The van der Waals surface area contributed by atoms with E-state index in [1.165, 1.54) is 0 Å². The minimum atomic E-state index is -0.614. The molecule has 0 unspecified atom stereocenters. The predicted octanol–water partition coefficient (Wildman–Crippen LogP) is 4.45. The number of piperazine rings is 1. The van der Waals surface area contributed by atoms with Crippen molar-refractivity contribution in [1.82, 2.24) is 30.1 Å². The molecule has 2 aromatic carbocycles. The third kappa shape index (κ3) is 7.85. The van der Waals surface area contributed by atoms with Crippen LogP contribution in [-0.2, 0) is 27.8 Å². The number of aromatic nitrogens is 3. The third-order valence-electron chi connectivity index (χ3n) is 12.5. The van der Waals surface area contributed by atoms with Crippen LogP contribution >= 0.6 is 0 Å². The molecular weight excluding hydrogens is 717 g/mol. The molecule has 0 spiro atoms. The van der Waals surface area contributed by atoms with Gasteiger partial charge in [-0.25, -0.2) is 4.98 Å². The molecule has 7 rings (SSSR count). The summed E-state index contributed by atoms with van der Waals surface area (Å²) in [4.78, 5) is 59.1. The Kier molecular flexibility index (Phi) is 11.1. The lowest BCUT2D eigenvalue weighted by Gasteiger charge is -2.39. The van der Waals surface area contributed by atoms with Crippen LogP contribution in [0.15, 0.2) is 42.7 Å². The maximum Gasteiger partial charge on any atom is 0.237 e. The van der Waals surface area contributed by atoms with E-state index < -0.39 is 11.5 Å². The van der Waals surface area contributed by atoms with Gasteiger partial charge in [-0.3, -0.25) is 19.4 Å². The number of fused-ring (bicyclic) bond motifs is 4. The Balaban J connectivity index is 0.906. The number of carbonyl (C=O) groups is 3. The van der Waals surface area contributed by atoms with Gasteiger partial charge in [0.05, 0.1) is 28.9 Å². The van der Waals surface area contributed by atoms with E-state index in [-0.39, 0.29) is 29.1 Å². The summed E-state index contributed by atoms with van der Waals surface area (Å²) in [5.41, 5.74) is 19.2. The molecule has 6 N–H and O–H groups in total. The second-order valence-corrected chi connectivity index (χ2v) is 17.2. The maximum absolute atomic E-state index is 14.1. The summed E-state index contributed by atoms with van der Waals surface area (Å²) >= 11 is 0. The molecule has 4 heterocycles. The molecular formula is C44H56N10O3. The molecule has 0 saturated carbocycles. The van der Waals surface area contributed by atoms with Gasteiger partial charge in [-0.1, -0.05) is 40.7 Å². The van der Waals surface area contributed by atoms with Crippen molar-refractivity contribution < 1.29 is 14.4 Å². The zero-order chi connectivity index (χ0) is 40.6. The first-order valence-corrected chi connectivity index (χ1v) is 20.4. The molecule has 2 fully saturated rings. The first-order valence-electron chi connectivity index (χ1n) is 20.4. The first kappa shape index (κ1) is 39.9. The largest absolute Gasteiger partial charge is 0.382 e. The monoisotopic (exact) mass is 772 g/mol. The molecule has 2 aliphatic heterocycles. The molecule has 2 saturated heterocycles. The summed E-state index contributed by atoms with van der Waals surface area (Å²) in [6.07, 6.45) is 7.03. The summed E-state index contributed by atoms with van der Waals surface area (Å²) in [7, 11) is 0. The number of H-pyrrole nitrogens is 1. The number of rotatable bonds is 12. The van der Waals surface area contributed by atoms with Crippen LogP contribution in [0.2, 0.25) is 0 Å². The second-order valence-electron chi connectivity index (χ2n) is 17.2. The van der Waals surface area contributed by atoms with Crippen LogP contribution in [0.3, 0.4) is 0 Å². The zero-order valence-corrected chi connectivity index (χ0v) is 34.0. The van der Waals surface area contributed by atoms with E-state index in [0.717, 1.165) is 90.2 Å². The van der Waals surface area contributed by atoms with Crippen molar-refractivity contribution in [2.75, 3.05) is 56.4 Å². The van der Waals surface area contributed by atoms with Gasteiger partial charge in [-0.05, 0) is 79.5 Å². The molecule has 13 nitrogen and oxygen atoms in total. The average Bonchev–Trinajstić information content (AvgIpc) is 3.73. The second kappa shape index (κ2) is 15.9. The van der Waals surface area contributed by atoms with Gasteiger partial charge in [0.2, 0.25) is 11.8 Å². The van der Waals surface area contributed by atoms with Crippen LogP contribution in [0.1, 0.15) is 104 Å². The minimum Gasteiger partial charge on any atom is -0.382 e. The molecule has 0 radical (unpaired) electrons. The van der Waals surface area contributed by atoms with E-state index >= 15 is 0 Å². The van der Waals surface area contributed by atoms with Crippen LogP contribution in [0, 0.1) is 16.7 Å². The van der Waals surface area contributed by atoms with Crippen molar-refractivity contribution >= 4 is 40.0 Å². The standard InChI is InChI=1S/C44H56N10O3/c1-6-28-22-30-31(44(4,5)40-38(39(30)56)29-13-12-27(24-45)21-34(29)50-40)23-35(28)53-17-19-54(20-18-53)37(55)11-8-16-52-25-36(43(2,3)26-52)51-42(57)32(46)9-7-10-33-41(47)49-15-14-48-33/h12-15,21-23,32,36,50H,6-11,16-20,25-26,46H2,1-5H3,(H2,47,49)(H,51,57)/t32-,36-/m0/s1. The highest BCUT2D eigenvalue weighted by atomic mass is 16.2. The van der Waals surface area contributed by atoms with Gasteiger partial charge in [0, 0.05) is 97.4 Å². The summed E-state index contributed by atoms with van der Waals surface area (Å²) in [6.45, 7) is 15.8. The van der Waals surface area contributed by atoms with Crippen LogP contribution in [0.25, 0.3) is 10.9 Å². The quantitative estimate of drug-likeness (QED) is 0.160. The topological polar surface area (TPSA) is 190 Å². The Morgan fingerprint density at radius 1 is 1.07 bits per heavy atom. The number of nitrogens with two attached hydrogens (primary N) is 2. The van der Waals surface area contributed by atoms with Gasteiger partial charge in [0.15, 0.2) is 5.78 Å². The number of hydrogen-bond donors (Lipinski definition) is 4. The van der Waals surface area contributed by atoms with Crippen LogP contribution in [0.4, 0.5) is 11.5 Å². The molecule has 3 aliphatic rings. The van der Waals surface area contributed by atoms with E-state index in [4.69, 9.17) is 11.5 Å². The van der Waals surface area contributed by atoms with E-state index in [1.807, 2.05) is 17.0 Å². The Morgan fingerprint density at radius 3 is 2.54 bits per heavy atom. The van der Waals surface area contributed by atoms with E-state index in [9.17, 15) is 19.6 Å². The fourth-order valence-corrected chi connectivity index (χ4v) is 9.10. The van der Waals surface area contributed by atoms with Gasteiger partial charge in [-0.2, -0.15) is 5.26 Å². The number of nitrogen functional groups attached to an aromatic ring is 1. The fourth-order valence-electron chi connectivity index (χ4n) is 9.10. The van der Waals surface area contributed by atoms with Crippen LogP contribution < -0.4 is 21.7 Å². The van der Waals surface area contributed by atoms with Crippen LogP contribution in [0.5, 0.6) is 0 Å². The van der Waals surface area contributed by atoms with Crippen molar-refractivity contribution in [3.63, 3.8) is 0 Å². The van der Waals surface area contributed by atoms with E-state index in [0.29, 0.717) is 55.7 Å². The average molecular weight is 773 g/mol. The number of anilines is 2. The van der Waals surface area contributed by atoms with Gasteiger partial charge in [0.25, 0.3) is 0 Å². The molecule has 1 aliphatic carbocycles. The number of amides is 2. The number of nitriles is 1. The highest BCUT2D eigenvalue weighted by molar-refractivity contribution is 6.20. The van der Waals surface area contributed by atoms with E-state index in [1.54, 1.807) is 18.5 Å². The van der Waals surface area contributed by atoms with Gasteiger partial charge >= 0.3 is 0 Å². The number of benzene rings is 2. The SMILES string of the molecule is CCc1cc2c(cc1N1CCN(C(=O)CCCN3C[C@H](NC(=O)[C@@H](N)CCCc4nccnc4N)C(C)(C)C3)CC1)C(C)(C)c1[nH]c3cc(C#N)ccc3c1C2=O. The van der Waals surface area contributed by atoms with Crippen molar-refractivity contribution in [3.05, 3.63) is 81.9 Å². The Bertz CT molecular complexity index is 2230. The molecule has 57 heavy (non-hydrogen) atoms. The molecule has 300 valence electrons. The lowest BCUT2D eigenvalue weighted by molar-refractivity contribution is -0.131. The number of nitrogens with one attached hydrogen (secondary N) is 2. The molecule has 2 atom stereocenters. The zero-order valence-electron chi connectivity index (χ0n) is 34.0. The molecule has 13 heteroatoms. The number of aryl methyl sites for hydroxylation is 2. The Labute approximate surface area is 335 Å². The summed E-state index contributed by atoms with van der Waals surface area (Å²) < 4.78 is 0. The van der Waals surface area contributed by atoms with Crippen molar-refractivity contribution in [1.29, 1.82) is 5.26 Å². The fraction of sp³-hybridized carbons (Fsp3) is 0.500. The van der Waals surface area contributed by atoms with Crippen molar-refractivity contribution in [3.8, 4) is 6.07 Å². The Hall–Kier alpha value is -5.32. The number of carbonyl (C=O) groups excluding carboxylic acids is 3. The van der Waals surface area contributed by atoms with Crippen molar-refractivity contribution in [2.45, 2.75) is 90.6 Å². The van der Waals surface area contributed by atoms with Gasteiger partial charge in [0.1, 0.15) is 5.82 Å². The third-order valence-corrected chi connectivity index (χ3v) is 12.5. The molecule has 0 bridgehead atoms. The Morgan fingerprint density at radius 2 is 1.82 bits per heavy atom. The number of likely N-dealkylation sites (tertiary alicyclic amines) is 1. The smallest absolute Gasteiger partial charge is 0.237 e. The molecule has 4 aromatic rings. The number of ketones is 1. The first-order chi connectivity index (χ1) is 27.2. The predicted molar refractivity (Wildman–Crippen MR) is 222 cm³/mol. The summed E-state index contributed by atoms with van der Waals surface area (Å²) in [5, 5.41) is 13.5. The number of aromatic amines is 1. The van der Waals surface area contributed by atoms with Gasteiger partial charge in [-0.15, -0.1) is 0 Å².